The molecule has 0 bridgehead atoms. The van der Waals surface area contributed by atoms with Crippen molar-refractivity contribution >= 4 is 28.7 Å². The Hall–Kier alpha value is -1.82. The lowest BCUT2D eigenvalue weighted by Gasteiger charge is -2.06. The molecular formula is C12H16N4OS. The molecule has 0 radical (unpaired) electrons. The van der Waals surface area contributed by atoms with Crippen LogP contribution in [-0.2, 0) is 13.5 Å². The number of amides is 1. The molecule has 0 unspecified atom stereocenters. The Morgan fingerprint density at radius 2 is 2.33 bits per heavy atom. The molecule has 6 heteroatoms. The predicted molar refractivity (Wildman–Crippen MR) is 74.0 cm³/mol. The van der Waals surface area contributed by atoms with Crippen LogP contribution >= 0.6 is 11.3 Å². The van der Waals surface area contributed by atoms with Gasteiger partial charge in [-0.2, -0.15) is 5.10 Å². The Kier molecular flexibility index (Phi) is 3.38. The summed E-state index contributed by atoms with van der Waals surface area (Å²) in [6.07, 6.45) is 0.839. The molecule has 3 N–H and O–H groups in total. The fourth-order valence-electron chi connectivity index (χ4n) is 1.80. The lowest BCUT2D eigenvalue weighted by atomic mass is 10.2. The number of carbonyl (C=O) groups is 1. The smallest absolute Gasteiger partial charge is 0.267 e. The number of carbonyl (C=O) groups excluding carboxylic acids is 1. The van der Waals surface area contributed by atoms with Crippen LogP contribution in [0.1, 0.15) is 27.9 Å². The van der Waals surface area contributed by atoms with Crippen LogP contribution in [0, 0.1) is 6.92 Å². The van der Waals surface area contributed by atoms with Crippen LogP contribution in [-0.4, -0.2) is 15.7 Å². The number of nitrogens with zero attached hydrogens (tertiary/aromatic N) is 2. The standard InChI is InChI=1S/C12H16N4OS/c1-4-8-5-6-18-10(8)12(17)14-11-9(13)7(2)15-16(11)3/h5-6H,4,13H2,1-3H3,(H,14,17). The number of hydrogen-bond donors (Lipinski definition) is 2. The van der Waals surface area contributed by atoms with E-state index < -0.39 is 0 Å². The van der Waals surface area contributed by atoms with Crippen molar-refractivity contribution in [3.05, 3.63) is 27.6 Å². The minimum atomic E-state index is -0.128. The van der Waals surface area contributed by atoms with E-state index in [0.29, 0.717) is 11.5 Å². The SMILES string of the molecule is CCc1ccsc1C(=O)Nc1c(N)c(C)nn1C. The first-order chi connectivity index (χ1) is 8.54. The van der Waals surface area contributed by atoms with Crippen molar-refractivity contribution in [2.45, 2.75) is 20.3 Å². The summed E-state index contributed by atoms with van der Waals surface area (Å²) in [5.74, 6) is 0.421. The largest absolute Gasteiger partial charge is 0.394 e. The average molecular weight is 264 g/mol. The third-order valence-electron chi connectivity index (χ3n) is 2.83. The zero-order chi connectivity index (χ0) is 13.3. The second-order valence-electron chi connectivity index (χ2n) is 4.05. The van der Waals surface area contributed by atoms with Gasteiger partial charge in [0.15, 0.2) is 5.82 Å². The summed E-state index contributed by atoms with van der Waals surface area (Å²) in [5, 5.41) is 8.91. The van der Waals surface area contributed by atoms with Crippen LogP contribution in [0.3, 0.4) is 0 Å². The molecule has 0 saturated heterocycles. The van der Waals surface area contributed by atoms with Crippen LogP contribution in [0.4, 0.5) is 11.5 Å². The minimum Gasteiger partial charge on any atom is -0.394 e. The molecule has 0 aliphatic heterocycles. The fourth-order valence-corrected chi connectivity index (χ4v) is 2.69. The fraction of sp³-hybridized carbons (Fsp3) is 0.333. The van der Waals surface area contributed by atoms with Crippen molar-refractivity contribution < 1.29 is 4.79 Å². The number of anilines is 2. The molecule has 2 aromatic heterocycles. The van der Waals surface area contributed by atoms with Crippen molar-refractivity contribution in [3.8, 4) is 0 Å². The van der Waals surface area contributed by atoms with Gasteiger partial charge in [0.2, 0.25) is 0 Å². The molecular weight excluding hydrogens is 248 g/mol. The van der Waals surface area contributed by atoms with Crippen molar-refractivity contribution in [2.75, 3.05) is 11.1 Å². The summed E-state index contributed by atoms with van der Waals surface area (Å²) in [5.41, 5.74) is 8.16. The zero-order valence-electron chi connectivity index (χ0n) is 10.7. The molecule has 2 heterocycles. The van der Waals surface area contributed by atoms with Crippen molar-refractivity contribution in [3.63, 3.8) is 0 Å². The third kappa shape index (κ3) is 2.11. The Morgan fingerprint density at radius 1 is 1.61 bits per heavy atom. The van der Waals surface area contributed by atoms with E-state index in [9.17, 15) is 4.79 Å². The zero-order valence-corrected chi connectivity index (χ0v) is 11.5. The highest BCUT2D eigenvalue weighted by molar-refractivity contribution is 7.12. The van der Waals surface area contributed by atoms with Gasteiger partial charge in [-0.3, -0.25) is 9.48 Å². The van der Waals surface area contributed by atoms with Crippen LogP contribution in [0.15, 0.2) is 11.4 Å². The number of rotatable bonds is 3. The molecule has 96 valence electrons. The lowest BCUT2D eigenvalue weighted by Crippen LogP contribution is -2.15. The summed E-state index contributed by atoms with van der Waals surface area (Å²) < 4.78 is 1.59. The molecule has 0 spiro atoms. The van der Waals surface area contributed by atoms with Gasteiger partial charge in [0.25, 0.3) is 5.91 Å². The summed E-state index contributed by atoms with van der Waals surface area (Å²) in [7, 11) is 1.76. The van der Waals surface area contributed by atoms with Gasteiger partial charge in [0.05, 0.1) is 16.3 Å². The van der Waals surface area contributed by atoms with Crippen molar-refractivity contribution in [1.82, 2.24) is 9.78 Å². The number of nitrogens with one attached hydrogen (secondary N) is 1. The van der Waals surface area contributed by atoms with Crippen LogP contribution in [0.5, 0.6) is 0 Å². The molecule has 0 atom stereocenters. The second kappa shape index (κ2) is 4.81. The van der Waals surface area contributed by atoms with Gasteiger partial charge < -0.3 is 11.1 Å². The molecule has 0 aliphatic rings. The van der Waals surface area contributed by atoms with E-state index >= 15 is 0 Å². The maximum absolute atomic E-state index is 12.2. The van der Waals surface area contributed by atoms with Crippen LogP contribution in [0.25, 0.3) is 0 Å². The van der Waals surface area contributed by atoms with E-state index in [1.165, 1.54) is 11.3 Å². The highest BCUT2D eigenvalue weighted by Gasteiger charge is 2.17. The van der Waals surface area contributed by atoms with E-state index in [2.05, 4.69) is 10.4 Å². The predicted octanol–water partition coefficient (Wildman–Crippen LogP) is 2.19. The van der Waals surface area contributed by atoms with Gasteiger partial charge in [-0.05, 0) is 30.4 Å². The summed E-state index contributed by atoms with van der Waals surface area (Å²) in [6.45, 7) is 3.84. The molecule has 2 aromatic rings. The monoisotopic (exact) mass is 264 g/mol. The normalized spacial score (nSPS) is 10.6. The number of thiophene rings is 1. The maximum atomic E-state index is 12.2. The van der Waals surface area contributed by atoms with Crippen LogP contribution < -0.4 is 11.1 Å². The topological polar surface area (TPSA) is 72.9 Å². The second-order valence-corrected chi connectivity index (χ2v) is 4.97. The van der Waals surface area contributed by atoms with E-state index in [-0.39, 0.29) is 5.91 Å². The Bertz CT molecular complexity index is 585. The Morgan fingerprint density at radius 3 is 2.89 bits per heavy atom. The first-order valence-corrected chi connectivity index (χ1v) is 6.59. The quantitative estimate of drug-likeness (QED) is 0.892. The van der Waals surface area contributed by atoms with E-state index in [1.807, 2.05) is 25.3 Å². The molecule has 0 saturated carbocycles. The van der Waals surface area contributed by atoms with E-state index in [4.69, 9.17) is 5.73 Å². The summed E-state index contributed by atoms with van der Waals surface area (Å²) >= 11 is 1.44. The van der Waals surface area contributed by atoms with Crippen LogP contribution in [0.2, 0.25) is 0 Å². The number of hydrogen-bond acceptors (Lipinski definition) is 4. The van der Waals surface area contributed by atoms with Gasteiger partial charge >= 0.3 is 0 Å². The Balaban J connectivity index is 2.27. The van der Waals surface area contributed by atoms with Gasteiger partial charge in [-0.1, -0.05) is 6.92 Å². The van der Waals surface area contributed by atoms with Gasteiger partial charge in [-0.15, -0.1) is 11.3 Å². The molecule has 5 nitrogen and oxygen atoms in total. The minimum absolute atomic E-state index is 0.128. The molecule has 2 rings (SSSR count). The highest BCUT2D eigenvalue weighted by atomic mass is 32.1. The number of nitrogen functional groups attached to an aromatic ring is 1. The third-order valence-corrected chi connectivity index (χ3v) is 3.79. The summed E-state index contributed by atoms with van der Waals surface area (Å²) in [6, 6.07) is 1.97. The van der Waals surface area contributed by atoms with Crippen molar-refractivity contribution in [1.29, 1.82) is 0 Å². The molecule has 0 aliphatic carbocycles. The summed E-state index contributed by atoms with van der Waals surface area (Å²) in [4.78, 5) is 12.9. The first kappa shape index (κ1) is 12.6. The number of nitrogens with two attached hydrogens (primary N) is 1. The molecule has 1 amide bonds. The van der Waals surface area contributed by atoms with E-state index in [0.717, 1.165) is 22.6 Å². The van der Waals surface area contributed by atoms with Gasteiger partial charge in [0.1, 0.15) is 0 Å². The highest BCUT2D eigenvalue weighted by Crippen LogP contribution is 2.24. The molecule has 0 fully saturated rings. The number of aromatic nitrogens is 2. The molecule has 18 heavy (non-hydrogen) atoms. The lowest BCUT2D eigenvalue weighted by molar-refractivity contribution is 0.102. The maximum Gasteiger partial charge on any atom is 0.267 e. The number of aryl methyl sites for hydroxylation is 3. The van der Waals surface area contributed by atoms with E-state index in [1.54, 1.807) is 11.7 Å². The van der Waals surface area contributed by atoms with Crippen molar-refractivity contribution in [2.24, 2.45) is 7.05 Å². The average Bonchev–Trinajstić information content (AvgIpc) is 2.90. The first-order valence-electron chi connectivity index (χ1n) is 5.71. The molecule has 0 aromatic carbocycles. The Labute approximate surface area is 110 Å². The van der Waals surface area contributed by atoms with Gasteiger partial charge in [0, 0.05) is 7.05 Å². The van der Waals surface area contributed by atoms with Gasteiger partial charge in [-0.25, -0.2) is 0 Å².